The molecule has 6 heteroatoms. The summed E-state index contributed by atoms with van der Waals surface area (Å²) in [6.45, 7) is 0. The Bertz CT molecular complexity index is 399. The lowest BCUT2D eigenvalue weighted by Crippen LogP contribution is -1.96. The van der Waals surface area contributed by atoms with Crippen LogP contribution in [0.25, 0.3) is 10.4 Å². The summed E-state index contributed by atoms with van der Waals surface area (Å²) in [5.41, 5.74) is 8.31. The van der Waals surface area contributed by atoms with Crippen LogP contribution in [0.15, 0.2) is 23.3 Å². The van der Waals surface area contributed by atoms with Gasteiger partial charge in [0.2, 0.25) is 0 Å². The second-order valence-corrected chi connectivity index (χ2v) is 3.40. The largest absolute Gasteiger partial charge is 0.478 e. The second kappa shape index (κ2) is 4.11. The van der Waals surface area contributed by atoms with Crippen molar-refractivity contribution >= 4 is 34.2 Å². The fourth-order valence-corrected chi connectivity index (χ4v) is 1.31. The number of aromatic carboxylic acids is 1. The van der Waals surface area contributed by atoms with Crippen LogP contribution in [0.2, 0.25) is 0 Å². The Hall–Kier alpha value is -1.27. The molecule has 0 unspecified atom stereocenters. The lowest BCUT2D eigenvalue weighted by Gasteiger charge is -1.99. The van der Waals surface area contributed by atoms with Gasteiger partial charge in [-0.25, -0.2) is 4.79 Å². The van der Waals surface area contributed by atoms with Gasteiger partial charge in [0.05, 0.1) is 11.3 Å². The predicted octanol–water partition coefficient (Wildman–Crippen LogP) is 2.93. The van der Waals surface area contributed by atoms with Crippen molar-refractivity contribution in [3.63, 3.8) is 0 Å². The lowest BCUT2D eigenvalue weighted by atomic mass is 10.2. The molecule has 0 aliphatic rings. The molecule has 1 aromatic rings. The highest BCUT2D eigenvalue weighted by Crippen LogP contribution is 2.21. The molecule has 1 aromatic carbocycles. The van der Waals surface area contributed by atoms with E-state index in [2.05, 4.69) is 10.0 Å². The number of azide groups is 1. The zero-order chi connectivity index (χ0) is 9.84. The summed E-state index contributed by atoms with van der Waals surface area (Å²) in [6.07, 6.45) is 0. The number of carbonyl (C=O) groups is 1. The molecule has 0 aliphatic heterocycles. The maximum atomic E-state index is 10.7. The highest BCUT2D eigenvalue weighted by Gasteiger charge is 2.08. The third-order valence-corrected chi connectivity index (χ3v) is 2.01. The second-order valence-electron chi connectivity index (χ2n) is 2.16. The first-order valence-corrected chi connectivity index (χ1v) is 4.31. The summed E-state index contributed by atoms with van der Waals surface area (Å²) in [7, 11) is 0. The summed E-state index contributed by atoms with van der Waals surface area (Å²) >= 11 is 1.99. The molecule has 0 spiro atoms. The molecule has 0 heterocycles. The average Bonchev–Trinajstić information content (AvgIpc) is 2.08. The van der Waals surface area contributed by atoms with Gasteiger partial charge in [0.25, 0.3) is 0 Å². The van der Waals surface area contributed by atoms with Crippen LogP contribution in [0.1, 0.15) is 10.4 Å². The Morgan fingerprint density at radius 3 is 2.85 bits per heavy atom. The van der Waals surface area contributed by atoms with Crippen LogP contribution in [0.3, 0.4) is 0 Å². The van der Waals surface area contributed by atoms with Crippen LogP contribution in [-0.2, 0) is 0 Å². The zero-order valence-corrected chi connectivity index (χ0v) is 8.46. The number of rotatable bonds is 2. The summed E-state index contributed by atoms with van der Waals surface area (Å²) < 4.78 is 0.784. The van der Waals surface area contributed by atoms with Crippen molar-refractivity contribution in [2.75, 3.05) is 0 Å². The number of carboxylic acids is 1. The van der Waals surface area contributed by atoms with Crippen LogP contribution >= 0.6 is 22.6 Å². The summed E-state index contributed by atoms with van der Waals surface area (Å²) in [5.74, 6) is -1.10. The van der Waals surface area contributed by atoms with E-state index in [-0.39, 0.29) is 11.3 Å². The summed E-state index contributed by atoms with van der Waals surface area (Å²) in [6, 6.07) is 4.61. The minimum absolute atomic E-state index is 0.0182. The quantitative estimate of drug-likeness (QED) is 0.393. The molecule has 0 aliphatic carbocycles. The zero-order valence-electron chi connectivity index (χ0n) is 6.31. The standard InChI is InChI=1S/C7H4IN3O2/c8-4-1-2-6(10-11-9)5(3-4)7(12)13/h1-3H,(H,12,13). The van der Waals surface area contributed by atoms with Gasteiger partial charge in [-0.2, -0.15) is 0 Å². The molecule has 0 amide bonds. The Morgan fingerprint density at radius 1 is 1.62 bits per heavy atom. The van der Waals surface area contributed by atoms with Gasteiger partial charge in [0.1, 0.15) is 0 Å². The third-order valence-electron chi connectivity index (χ3n) is 1.34. The molecular formula is C7H4IN3O2. The molecule has 0 radical (unpaired) electrons. The fraction of sp³-hybridized carbons (Fsp3) is 0. The van der Waals surface area contributed by atoms with Crippen molar-refractivity contribution in [3.8, 4) is 0 Å². The van der Waals surface area contributed by atoms with E-state index in [4.69, 9.17) is 10.6 Å². The number of hydrogen-bond donors (Lipinski definition) is 1. The molecule has 0 atom stereocenters. The molecule has 0 aromatic heterocycles. The van der Waals surface area contributed by atoms with Gasteiger partial charge < -0.3 is 5.11 Å². The van der Waals surface area contributed by atoms with Crippen molar-refractivity contribution in [2.45, 2.75) is 0 Å². The van der Waals surface area contributed by atoms with Crippen LogP contribution in [0, 0.1) is 3.57 Å². The molecule has 0 saturated heterocycles. The minimum Gasteiger partial charge on any atom is -0.478 e. The van der Waals surface area contributed by atoms with Crippen molar-refractivity contribution in [3.05, 3.63) is 37.8 Å². The highest BCUT2D eigenvalue weighted by molar-refractivity contribution is 14.1. The number of carboxylic acid groups (broad SMARTS) is 1. The van der Waals surface area contributed by atoms with Crippen molar-refractivity contribution in [1.82, 2.24) is 0 Å². The number of nitrogens with zero attached hydrogens (tertiary/aromatic N) is 3. The topological polar surface area (TPSA) is 86.1 Å². The van der Waals surface area contributed by atoms with Gasteiger partial charge >= 0.3 is 5.97 Å². The third kappa shape index (κ3) is 2.33. The van der Waals surface area contributed by atoms with Gasteiger partial charge in [-0.1, -0.05) is 11.2 Å². The lowest BCUT2D eigenvalue weighted by molar-refractivity contribution is 0.0697. The maximum Gasteiger partial charge on any atom is 0.336 e. The van der Waals surface area contributed by atoms with E-state index in [0.717, 1.165) is 3.57 Å². The van der Waals surface area contributed by atoms with Crippen LogP contribution in [0.4, 0.5) is 5.69 Å². The first-order chi connectivity index (χ1) is 6.15. The monoisotopic (exact) mass is 289 g/mol. The van der Waals surface area contributed by atoms with E-state index >= 15 is 0 Å². The predicted molar refractivity (Wildman–Crippen MR) is 54.9 cm³/mol. The van der Waals surface area contributed by atoms with Crippen LogP contribution in [-0.4, -0.2) is 11.1 Å². The Kier molecular flexibility index (Phi) is 3.10. The smallest absolute Gasteiger partial charge is 0.336 e. The Balaban J connectivity index is 3.34. The molecule has 13 heavy (non-hydrogen) atoms. The molecule has 0 bridgehead atoms. The van der Waals surface area contributed by atoms with E-state index in [1.54, 1.807) is 6.07 Å². The normalized spacial score (nSPS) is 9.00. The van der Waals surface area contributed by atoms with E-state index < -0.39 is 5.97 Å². The van der Waals surface area contributed by atoms with E-state index in [1.165, 1.54) is 12.1 Å². The average molecular weight is 289 g/mol. The summed E-state index contributed by atoms with van der Waals surface area (Å²) in [5, 5.41) is 12.0. The molecule has 1 rings (SSSR count). The van der Waals surface area contributed by atoms with Gasteiger partial charge in [0, 0.05) is 8.48 Å². The highest BCUT2D eigenvalue weighted by atomic mass is 127. The Morgan fingerprint density at radius 2 is 2.31 bits per heavy atom. The first-order valence-electron chi connectivity index (χ1n) is 3.23. The molecule has 0 fully saturated rings. The molecule has 5 nitrogen and oxygen atoms in total. The Labute approximate surface area is 87.1 Å². The minimum atomic E-state index is -1.10. The molecule has 66 valence electrons. The number of hydrogen-bond acceptors (Lipinski definition) is 2. The van der Waals surface area contributed by atoms with Crippen LogP contribution in [0.5, 0.6) is 0 Å². The van der Waals surface area contributed by atoms with Crippen LogP contribution < -0.4 is 0 Å². The first kappa shape index (κ1) is 9.82. The fourth-order valence-electron chi connectivity index (χ4n) is 0.815. The molecule has 0 saturated carbocycles. The molecular weight excluding hydrogens is 285 g/mol. The molecule has 1 N–H and O–H groups in total. The van der Waals surface area contributed by atoms with Crippen molar-refractivity contribution < 1.29 is 9.90 Å². The number of benzene rings is 1. The maximum absolute atomic E-state index is 10.7. The van der Waals surface area contributed by atoms with Gasteiger partial charge in [0.15, 0.2) is 0 Å². The van der Waals surface area contributed by atoms with Gasteiger partial charge in [-0.05, 0) is 40.3 Å². The summed E-state index contributed by atoms with van der Waals surface area (Å²) in [4.78, 5) is 13.2. The van der Waals surface area contributed by atoms with E-state index in [0.29, 0.717) is 0 Å². The van der Waals surface area contributed by atoms with E-state index in [1.807, 2.05) is 22.6 Å². The SMILES string of the molecule is [N-]=[N+]=Nc1ccc(I)cc1C(=O)O. The van der Waals surface area contributed by atoms with Gasteiger partial charge in [-0.15, -0.1) is 0 Å². The van der Waals surface area contributed by atoms with Crippen molar-refractivity contribution in [1.29, 1.82) is 0 Å². The number of halogens is 1. The van der Waals surface area contributed by atoms with Crippen molar-refractivity contribution in [2.24, 2.45) is 5.11 Å². The van der Waals surface area contributed by atoms with E-state index in [9.17, 15) is 4.79 Å². The van der Waals surface area contributed by atoms with Gasteiger partial charge in [-0.3, -0.25) is 0 Å².